The molecule has 0 radical (unpaired) electrons. The molecule has 11 nitrogen and oxygen atoms in total. The van der Waals surface area contributed by atoms with Gasteiger partial charge in [0, 0.05) is 61.9 Å². The number of ether oxygens (including phenoxy) is 2. The van der Waals surface area contributed by atoms with Crippen LogP contribution in [0.15, 0.2) is 48.8 Å². The summed E-state index contributed by atoms with van der Waals surface area (Å²) in [5.74, 6) is 0.877. The number of aromatic nitrogens is 4. The van der Waals surface area contributed by atoms with E-state index in [4.69, 9.17) is 9.47 Å². The van der Waals surface area contributed by atoms with Crippen LogP contribution < -0.4 is 19.7 Å². The van der Waals surface area contributed by atoms with E-state index in [0.29, 0.717) is 71.7 Å². The topological polar surface area (TPSA) is 115 Å². The molecule has 1 fully saturated rings. The van der Waals surface area contributed by atoms with Gasteiger partial charge in [-0.05, 0) is 42.0 Å². The van der Waals surface area contributed by atoms with Crippen molar-refractivity contribution in [3.05, 3.63) is 64.9 Å². The van der Waals surface area contributed by atoms with Gasteiger partial charge in [0.05, 0.1) is 7.11 Å². The second-order valence-electron chi connectivity index (χ2n) is 9.61. The molecule has 1 N–H and O–H groups in total. The first-order valence-electron chi connectivity index (χ1n) is 12.9. The van der Waals surface area contributed by atoms with Crippen LogP contribution in [-0.4, -0.2) is 76.4 Å². The molecule has 218 valence electrons. The number of methoxy groups -OCH3 is 1. The van der Waals surface area contributed by atoms with Crippen molar-refractivity contribution >= 4 is 28.3 Å². The van der Waals surface area contributed by atoms with Crippen molar-refractivity contribution in [1.82, 2.24) is 30.0 Å². The molecule has 2 aliphatic heterocycles. The van der Waals surface area contributed by atoms with E-state index >= 15 is 0 Å². The third-order valence-electron chi connectivity index (χ3n) is 6.91. The van der Waals surface area contributed by atoms with Crippen molar-refractivity contribution in [2.24, 2.45) is 0 Å². The molecule has 2 aromatic heterocycles. The number of hydrogen-bond donors (Lipinski definition) is 1. The van der Waals surface area contributed by atoms with Gasteiger partial charge < -0.3 is 24.6 Å². The number of amides is 2. The maximum Gasteiger partial charge on any atom is 0.445 e. The van der Waals surface area contributed by atoms with Crippen LogP contribution in [0.5, 0.6) is 11.5 Å². The van der Waals surface area contributed by atoms with E-state index in [1.807, 2.05) is 16.7 Å². The quantitative estimate of drug-likeness (QED) is 0.381. The first kappa shape index (κ1) is 27.5. The molecule has 2 aromatic carbocycles. The number of carbonyl (C=O) groups excluding carboxylic acids is 2. The van der Waals surface area contributed by atoms with Crippen LogP contribution in [0, 0.1) is 0 Å². The molecule has 1 saturated heterocycles. The number of nitrogens with one attached hydrogen (secondary N) is 1. The van der Waals surface area contributed by atoms with Crippen molar-refractivity contribution in [2.75, 3.05) is 44.8 Å². The Hall–Kier alpha value is -4.66. The van der Waals surface area contributed by atoms with Crippen LogP contribution in [0.3, 0.4) is 0 Å². The molecule has 2 aliphatic rings. The average molecular weight is 600 g/mol. The third-order valence-corrected chi connectivity index (χ3v) is 7.94. The van der Waals surface area contributed by atoms with Gasteiger partial charge in [0.15, 0.2) is 18.1 Å². The summed E-state index contributed by atoms with van der Waals surface area (Å²) < 4.78 is 51.9. The highest BCUT2D eigenvalue weighted by atomic mass is 32.1. The fourth-order valence-electron chi connectivity index (χ4n) is 4.83. The summed E-state index contributed by atoms with van der Waals surface area (Å²) in [6.07, 6.45) is -1.12. The molecule has 6 rings (SSSR count). The molecular weight excluding hydrogens is 575 g/mol. The maximum atomic E-state index is 13.7. The number of piperazine rings is 1. The van der Waals surface area contributed by atoms with Gasteiger partial charge in [-0.1, -0.05) is 11.3 Å². The molecule has 15 heteroatoms. The van der Waals surface area contributed by atoms with E-state index < -0.39 is 11.2 Å². The van der Waals surface area contributed by atoms with Crippen LogP contribution >= 0.6 is 11.3 Å². The van der Waals surface area contributed by atoms with Gasteiger partial charge in [0.1, 0.15) is 5.82 Å². The molecule has 0 spiro atoms. The minimum absolute atomic E-state index is 0.154. The Balaban J connectivity index is 1.28. The fraction of sp³-hybridized carbons (Fsp3) is 0.296. The molecule has 4 bridgehead atoms. The van der Waals surface area contributed by atoms with Gasteiger partial charge in [-0.15, -0.1) is 10.2 Å². The van der Waals surface area contributed by atoms with Gasteiger partial charge in [-0.25, -0.2) is 4.98 Å². The highest BCUT2D eigenvalue weighted by Crippen LogP contribution is 2.35. The minimum atomic E-state index is -4.55. The molecule has 0 atom stereocenters. The van der Waals surface area contributed by atoms with Gasteiger partial charge in [-0.3, -0.25) is 14.2 Å². The van der Waals surface area contributed by atoms with Crippen LogP contribution in [0.2, 0.25) is 0 Å². The normalized spacial score (nSPS) is 15.5. The van der Waals surface area contributed by atoms with Gasteiger partial charge in [0.25, 0.3) is 11.8 Å². The molecule has 2 amide bonds. The number of nitrogens with zero attached hydrogens (tertiary/aromatic N) is 6. The van der Waals surface area contributed by atoms with Crippen molar-refractivity contribution in [3.63, 3.8) is 0 Å². The summed E-state index contributed by atoms with van der Waals surface area (Å²) in [6, 6.07) is 10.7. The second-order valence-corrected chi connectivity index (χ2v) is 10.6. The fourth-order valence-corrected chi connectivity index (χ4v) is 5.59. The number of imidazole rings is 1. The first-order chi connectivity index (χ1) is 20.2. The number of benzene rings is 2. The number of rotatable bonds is 3. The van der Waals surface area contributed by atoms with Gasteiger partial charge >= 0.3 is 6.18 Å². The zero-order valence-electron chi connectivity index (χ0n) is 22.2. The van der Waals surface area contributed by atoms with E-state index in [1.165, 1.54) is 7.11 Å². The standard InChI is InChI=1S/C27H24F3N7O4S/c1-40-20-3-2-17-13-21(20)41-15-22(38)32-14-16-10-18(12-19(11-16)37-5-4-31-23(17)37)24(39)35-6-8-36(9-7-35)26-34-33-25(42-26)27(28,29)30/h2-5,10-13H,6-9,14-15H2,1H3,(H,32,38). The predicted molar refractivity (Wildman–Crippen MR) is 146 cm³/mol. The zero-order chi connectivity index (χ0) is 29.4. The summed E-state index contributed by atoms with van der Waals surface area (Å²) in [5.41, 5.74) is 2.48. The Labute approximate surface area is 241 Å². The Morgan fingerprint density at radius 3 is 2.64 bits per heavy atom. The van der Waals surface area contributed by atoms with Crippen molar-refractivity contribution in [1.29, 1.82) is 0 Å². The van der Waals surface area contributed by atoms with E-state index in [0.717, 1.165) is 5.56 Å². The van der Waals surface area contributed by atoms with E-state index in [9.17, 15) is 22.8 Å². The largest absolute Gasteiger partial charge is 0.493 e. The Kier molecular flexibility index (Phi) is 7.18. The Morgan fingerprint density at radius 1 is 1.10 bits per heavy atom. The monoisotopic (exact) mass is 599 g/mol. The molecule has 4 heterocycles. The minimum Gasteiger partial charge on any atom is -0.493 e. The first-order valence-corrected chi connectivity index (χ1v) is 13.7. The highest BCUT2D eigenvalue weighted by molar-refractivity contribution is 7.15. The molecule has 0 unspecified atom stereocenters. The van der Waals surface area contributed by atoms with Crippen molar-refractivity contribution < 1.29 is 32.2 Å². The average Bonchev–Trinajstić information content (AvgIpc) is 3.69. The molecular formula is C27H24F3N7O4S. The summed E-state index contributed by atoms with van der Waals surface area (Å²) >= 11 is 0.486. The molecule has 0 aliphatic carbocycles. The second kappa shape index (κ2) is 11.0. The van der Waals surface area contributed by atoms with Crippen molar-refractivity contribution in [2.45, 2.75) is 12.7 Å². The van der Waals surface area contributed by atoms with E-state index in [-0.39, 0.29) is 30.1 Å². The summed E-state index contributed by atoms with van der Waals surface area (Å²) in [4.78, 5) is 34.1. The van der Waals surface area contributed by atoms with Crippen LogP contribution in [0.1, 0.15) is 20.9 Å². The molecule has 0 saturated carbocycles. The number of halogens is 3. The maximum absolute atomic E-state index is 13.7. The summed E-state index contributed by atoms with van der Waals surface area (Å²) in [7, 11) is 1.51. The highest BCUT2D eigenvalue weighted by Gasteiger charge is 2.36. The summed E-state index contributed by atoms with van der Waals surface area (Å²) in [5, 5.41) is 8.93. The molecule has 42 heavy (non-hydrogen) atoms. The smallest absolute Gasteiger partial charge is 0.445 e. The lowest BCUT2D eigenvalue weighted by molar-refractivity contribution is -0.138. The lowest BCUT2D eigenvalue weighted by Gasteiger charge is -2.34. The third kappa shape index (κ3) is 5.46. The predicted octanol–water partition coefficient (Wildman–Crippen LogP) is 3.39. The van der Waals surface area contributed by atoms with E-state index in [2.05, 4.69) is 20.5 Å². The Morgan fingerprint density at radius 2 is 1.90 bits per heavy atom. The Bertz CT molecular complexity index is 1650. The lowest BCUT2D eigenvalue weighted by atomic mass is 10.1. The lowest BCUT2D eigenvalue weighted by Crippen LogP contribution is -2.48. The zero-order valence-corrected chi connectivity index (χ0v) is 23.0. The summed E-state index contributed by atoms with van der Waals surface area (Å²) in [6.45, 7) is 1.12. The number of carbonyl (C=O) groups is 2. The van der Waals surface area contributed by atoms with Gasteiger partial charge in [0.2, 0.25) is 10.1 Å². The number of hydrogen-bond acceptors (Lipinski definition) is 9. The number of fused-ring (bicyclic) bond motifs is 7. The van der Waals surface area contributed by atoms with Crippen LogP contribution in [-0.2, 0) is 17.5 Å². The SMILES string of the molecule is COc1ccc2cc1OCC(=O)NCc1cc(C(=O)N3CCN(c4nnc(C(F)(F)F)s4)CC3)cc(c1)-n1ccnc1-2. The number of alkyl halides is 3. The number of anilines is 1. The van der Waals surface area contributed by atoms with Crippen LogP contribution in [0.4, 0.5) is 18.3 Å². The van der Waals surface area contributed by atoms with Crippen LogP contribution in [0.25, 0.3) is 17.1 Å². The van der Waals surface area contributed by atoms with Gasteiger partial charge in [-0.2, -0.15) is 13.2 Å². The molecule has 4 aromatic rings. The van der Waals surface area contributed by atoms with Crippen molar-refractivity contribution in [3.8, 4) is 28.6 Å². The van der Waals surface area contributed by atoms with E-state index in [1.54, 1.807) is 46.5 Å².